The topological polar surface area (TPSA) is 75.8 Å². The summed E-state index contributed by atoms with van der Waals surface area (Å²) in [7, 11) is 0. The average molecular weight is 457 g/mol. The Morgan fingerprint density at radius 2 is 1.88 bits per heavy atom. The summed E-state index contributed by atoms with van der Waals surface area (Å²) in [5.41, 5.74) is 1.79. The molecule has 0 spiro atoms. The zero-order valence-corrected chi connectivity index (χ0v) is 18.2. The Balaban J connectivity index is 1.62. The Kier molecular flexibility index (Phi) is 5.27. The molecule has 0 radical (unpaired) electrons. The van der Waals surface area contributed by atoms with Crippen molar-refractivity contribution < 1.29 is 13.6 Å². The van der Waals surface area contributed by atoms with Gasteiger partial charge in [-0.05, 0) is 42.8 Å². The van der Waals surface area contributed by atoms with Crippen molar-refractivity contribution in [2.75, 3.05) is 5.01 Å². The zero-order valence-electron chi connectivity index (χ0n) is 17.4. The second-order valence-electron chi connectivity index (χ2n) is 7.37. The van der Waals surface area contributed by atoms with Gasteiger partial charge in [-0.1, -0.05) is 59.4 Å². The maximum atomic E-state index is 13.7. The predicted octanol–water partition coefficient (Wildman–Crippen LogP) is 5.53. The lowest BCUT2D eigenvalue weighted by Gasteiger charge is -2.13. The van der Waals surface area contributed by atoms with Crippen LogP contribution in [0.5, 0.6) is 0 Å². The number of nitrogens with zero attached hydrogens (tertiary/aromatic N) is 3. The number of hydrogen-bond acceptors (Lipinski definition) is 6. The number of para-hydroxylation sites is 1. The summed E-state index contributed by atoms with van der Waals surface area (Å²) in [6, 6.07) is 20.1. The first-order chi connectivity index (χ1) is 16.0. The van der Waals surface area contributed by atoms with E-state index in [4.69, 9.17) is 4.42 Å². The van der Waals surface area contributed by atoms with Gasteiger partial charge in [0.15, 0.2) is 0 Å². The summed E-state index contributed by atoms with van der Waals surface area (Å²) in [5, 5.41) is 6.20. The lowest BCUT2D eigenvalue weighted by molar-refractivity contribution is 0.0984. The molecule has 0 atom stereocenters. The molecular weight excluding hydrogens is 441 g/mol. The number of hydrazone groups is 1. The number of aromatic nitrogens is 1. The Labute approximate surface area is 191 Å². The molecule has 162 valence electrons. The Morgan fingerprint density at radius 1 is 1.09 bits per heavy atom. The summed E-state index contributed by atoms with van der Waals surface area (Å²) in [6.07, 6.45) is 1.51. The monoisotopic (exact) mass is 457 g/mol. The van der Waals surface area contributed by atoms with E-state index in [-0.39, 0.29) is 10.7 Å². The van der Waals surface area contributed by atoms with Gasteiger partial charge >= 0.3 is 5.63 Å². The van der Waals surface area contributed by atoms with Gasteiger partial charge in [-0.25, -0.2) is 14.2 Å². The first-order valence-corrected chi connectivity index (χ1v) is 10.8. The number of fused-ring (bicyclic) bond motifs is 2. The molecule has 6 nitrogen and oxygen atoms in total. The van der Waals surface area contributed by atoms with Crippen LogP contribution in [0.4, 0.5) is 9.52 Å². The Morgan fingerprint density at radius 3 is 2.70 bits per heavy atom. The van der Waals surface area contributed by atoms with Crippen molar-refractivity contribution in [2.24, 2.45) is 5.10 Å². The lowest BCUT2D eigenvalue weighted by Crippen LogP contribution is -2.30. The molecule has 5 rings (SSSR count). The van der Waals surface area contributed by atoms with Crippen molar-refractivity contribution in [2.45, 2.75) is 6.92 Å². The van der Waals surface area contributed by atoms with Gasteiger partial charge < -0.3 is 4.42 Å². The molecule has 3 aromatic carbocycles. The summed E-state index contributed by atoms with van der Waals surface area (Å²) < 4.78 is 19.6. The number of halogens is 1. The van der Waals surface area contributed by atoms with Gasteiger partial charge in [0, 0.05) is 5.39 Å². The molecule has 0 N–H and O–H groups in total. The fourth-order valence-electron chi connectivity index (χ4n) is 3.27. The van der Waals surface area contributed by atoms with Crippen LogP contribution in [0.1, 0.15) is 21.5 Å². The highest BCUT2D eigenvalue weighted by Crippen LogP contribution is 2.30. The third kappa shape index (κ3) is 4.16. The number of amides is 1. The number of carbonyl (C=O) groups is 1. The van der Waals surface area contributed by atoms with Crippen LogP contribution in [0.15, 0.2) is 87.1 Å². The molecule has 2 heterocycles. The van der Waals surface area contributed by atoms with Crippen LogP contribution < -0.4 is 10.6 Å². The van der Waals surface area contributed by atoms with Crippen LogP contribution in [0.2, 0.25) is 0 Å². The van der Waals surface area contributed by atoms with Gasteiger partial charge in [0.1, 0.15) is 17.0 Å². The van der Waals surface area contributed by atoms with E-state index in [0.29, 0.717) is 21.2 Å². The molecule has 5 aromatic rings. The van der Waals surface area contributed by atoms with Crippen LogP contribution in [0, 0.1) is 12.7 Å². The first-order valence-electron chi connectivity index (χ1n) is 10.0. The molecule has 0 aliphatic rings. The normalized spacial score (nSPS) is 11.5. The summed E-state index contributed by atoms with van der Waals surface area (Å²) in [6.45, 7) is 1.97. The molecule has 0 aliphatic carbocycles. The maximum absolute atomic E-state index is 13.7. The van der Waals surface area contributed by atoms with E-state index >= 15 is 0 Å². The van der Waals surface area contributed by atoms with Crippen LogP contribution >= 0.6 is 11.3 Å². The highest BCUT2D eigenvalue weighted by molar-refractivity contribution is 7.22. The van der Waals surface area contributed by atoms with Crippen LogP contribution in [-0.2, 0) is 0 Å². The van der Waals surface area contributed by atoms with Crippen molar-refractivity contribution in [1.29, 1.82) is 0 Å². The van der Waals surface area contributed by atoms with Gasteiger partial charge in [-0.3, -0.25) is 4.79 Å². The molecule has 2 aromatic heterocycles. The minimum atomic E-state index is -0.776. The Bertz CT molecular complexity index is 1590. The second-order valence-corrected chi connectivity index (χ2v) is 8.38. The standard InChI is InChI=1S/C25H16FN3O3S/c1-15-6-8-16(9-7-15)14-27-29(25-28-20-11-10-18(26)13-22(20)33-25)23(30)19-12-17-4-2-3-5-21(17)32-24(19)31/h2-14H,1H3/b27-14+. The van der Waals surface area contributed by atoms with Crippen LogP contribution in [0.3, 0.4) is 0 Å². The Hall–Kier alpha value is -4.17. The van der Waals surface area contributed by atoms with Crippen LogP contribution in [-0.4, -0.2) is 17.1 Å². The number of benzene rings is 3. The summed E-state index contributed by atoms with van der Waals surface area (Å²) in [5.74, 6) is -1.11. The third-order valence-electron chi connectivity index (χ3n) is 4.98. The number of aryl methyl sites for hydroxylation is 1. The lowest BCUT2D eigenvalue weighted by atomic mass is 10.2. The van der Waals surface area contributed by atoms with Crippen molar-refractivity contribution in [3.05, 3.63) is 106 Å². The quantitative estimate of drug-likeness (QED) is 0.202. The third-order valence-corrected chi connectivity index (χ3v) is 5.98. The van der Waals surface area contributed by atoms with Gasteiger partial charge in [-0.2, -0.15) is 10.1 Å². The largest absolute Gasteiger partial charge is 0.422 e. The highest BCUT2D eigenvalue weighted by Gasteiger charge is 2.25. The number of hydrogen-bond donors (Lipinski definition) is 0. The fourth-order valence-corrected chi connectivity index (χ4v) is 4.21. The van der Waals surface area contributed by atoms with E-state index in [1.165, 1.54) is 30.5 Å². The average Bonchev–Trinajstić information content (AvgIpc) is 3.22. The molecule has 0 fully saturated rings. The van der Waals surface area contributed by atoms with Crippen molar-refractivity contribution in [1.82, 2.24) is 4.98 Å². The molecular formula is C25H16FN3O3S. The van der Waals surface area contributed by atoms with E-state index in [2.05, 4.69) is 10.1 Å². The molecule has 0 saturated carbocycles. The summed E-state index contributed by atoms with van der Waals surface area (Å²) >= 11 is 1.10. The van der Waals surface area contributed by atoms with Gasteiger partial charge in [0.2, 0.25) is 5.13 Å². The van der Waals surface area contributed by atoms with Gasteiger partial charge in [0.05, 0.1) is 16.4 Å². The second kappa shape index (κ2) is 8.40. The molecule has 0 saturated heterocycles. The van der Waals surface area contributed by atoms with Crippen molar-refractivity contribution in [3.63, 3.8) is 0 Å². The van der Waals surface area contributed by atoms with E-state index in [1.54, 1.807) is 24.3 Å². The minimum absolute atomic E-state index is 0.180. The van der Waals surface area contributed by atoms with Crippen LogP contribution in [0.25, 0.3) is 21.2 Å². The molecule has 0 unspecified atom stereocenters. The van der Waals surface area contributed by atoms with E-state index in [1.807, 2.05) is 31.2 Å². The SMILES string of the molecule is Cc1ccc(/C=N/N(C(=O)c2cc3ccccc3oc2=O)c2nc3ccc(F)cc3s2)cc1. The fraction of sp³-hybridized carbons (Fsp3) is 0.0400. The van der Waals surface area contributed by atoms with E-state index < -0.39 is 17.3 Å². The van der Waals surface area contributed by atoms with Crippen molar-refractivity contribution >= 4 is 49.8 Å². The van der Waals surface area contributed by atoms with E-state index in [9.17, 15) is 14.0 Å². The first kappa shape index (κ1) is 20.7. The van der Waals surface area contributed by atoms with E-state index in [0.717, 1.165) is 27.5 Å². The predicted molar refractivity (Wildman–Crippen MR) is 128 cm³/mol. The highest BCUT2D eigenvalue weighted by atomic mass is 32.1. The maximum Gasteiger partial charge on any atom is 0.349 e. The van der Waals surface area contributed by atoms with Crippen molar-refractivity contribution in [3.8, 4) is 0 Å². The molecule has 0 bridgehead atoms. The number of rotatable bonds is 4. The number of anilines is 1. The zero-order chi connectivity index (χ0) is 22.9. The molecule has 8 heteroatoms. The minimum Gasteiger partial charge on any atom is -0.422 e. The van der Waals surface area contributed by atoms with Gasteiger partial charge in [-0.15, -0.1) is 0 Å². The number of carbonyl (C=O) groups excluding carboxylic acids is 1. The molecule has 0 aliphatic heterocycles. The number of thiazole rings is 1. The molecule has 33 heavy (non-hydrogen) atoms. The summed E-state index contributed by atoms with van der Waals surface area (Å²) in [4.78, 5) is 30.5. The molecule has 1 amide bonds. The van der Waals surface area contributed by atoms with Gasteiger partial charge in [0.25, 0.3) is 5.91 Å². The smallest absolute Gasteiger partial charge is 0.349 e.